The van der Waals surface area contributed by atoms with Crippen LogP contribution in [0, 0.1) is 11.3 Å². The number of nitrogens with two attached hydrogens (primary N) is 1. The average Bonchev–Trinajstić information content (AvgIpc) is 3.28. The third kappa shape index (κ3) is 2.91. The summed E-state index contributed by atoms with van der Waals surface area (Å²) in [5, 5.41) is 20.0. The molecule has 0 unspecified atom stereocenters. The van der Waals surface area contributed by atoms with Crippen LogP contribution < -0.4 is 11.1 Å². The van der Waals surface area contributed by atoms with Crippen molar-refractivity contribution in [3.05, 3.63) is 47.2 Å². The number of nitrogens with one attached hydrogen (secondary N) is 3. The van der Waals surface area contributed by atoms with E-state index >= 15 is 0 Å². The molecule has 0 aliphatic rings. The van der Waals surface area contributed by atoms with Gasteiger partial charge in [-0.05, 0) is 32.0 Å². The smallest absolute Gasteiger partial charge is 0.252 e. The van der Waals surface area contributed by atoms with Crippen molar-refractivity contribution in [2.24, 2.45) is 5.73 Å². The minimum Gasteiger partial charge on any atom is -0.380 e. The number of nitriles is 1. The van der Waals surface area contributed by atoms with Gasteiger partial charge in [-0.1, -0.05) is 0 Å². The molecule has 0 fully saturated rings. The molecule has 0 saturated carbocycles. The second kappa shape index (κ2) is 6.66. The maximum absolute atomic E-state index is 12.4. The van der Waals surface area contributed by atoms with Crippen molar-refractivity contribution >= 4 is 33.5 Å². The Morgan fingerprint density at radius 1 is 1.39 bits per heavy atom. The van der Waals surface area contributed by atoms with Gasteiger partial charge in [0.1, 0.15) is 12.2 Å². The van der Waals surface area contributed by atoms with E-state index in [4.69, 9.17) is 10.7 Å². The first-order valence-electron chi connectivity index (χ1n) is 8.77. The summed E-state index contributed by atoms with van der Waals surface area (Å²) in [4.78, 5) is 24.5. The largest absolute Gasteiger partial charge is 0.380 e. The van der Waals surface area contributed by atoms with E-state index in [1.807, 2.05) is 19.9 Å². The van der Waals surface area contributed by atoms with Gasteiger partial charge in [0.2, 0.25) is 0 Å². The molecule has 3 aromatic heterocycles. The molecule has 0 bridgehead atoms. The number of aromatic amines is 2. The third-order valence-corrected chi connectivity index (χ3v) is 4.41. The van der Waals surface area contributed by atoms with Gasteiger partial charge in [0.15, 0.2) is 0 Å². The molecule has 0 radical (unpaired) electrons. The van der Waals surface area contributed by atoms with Crippen LogP contribution in [-0.2, 0) is 6.42 Å². The number of amides is 1. The standard InChI is InChI=1S/C19H18N8O/c1-9(2)24-17-15(19(21)28)13(6-14-22-8-23-27-14)26-16-11-4-3-10(7-20)5-12(11)25-18(16)17/h3-5,8-9,25H,6H2,1-2H3,(H2,21,28)(H,24,26)(H,22,23,27). The maximum atomic E-state index is 12.4. The number of benzene rings is 1. The van der Waals surface area contributed by atoms with E-state index in [2.05, 4.69) is 31.6 Å². The lowest BCUT2D eigenvalue weighted by atomic mass is 10.0. The number of primary amides is 1. The zero-order valence-corrected chi connectivity index (χ0v) is 15.4. The molecule has 0 atom stereocenters. The number of H-pyrrole nitrogens is 2. The van der Waals surface area contributed by atoms with Gasteiger partial charge < -0.3 is 16.0 Å². The molecule has 9 nitrogen and oxygen atoms in total. The minimum absolute atomic E-state index is 0.0583. The van der Waals surface area contributed by atoms with Crippen LogP contribution in [0.15, 0.2) is 24.5 Å². The lowest BCUT2D eigenvalue weighted by Gasteiger charge is -2.17. The molecule has 140 valence electrons. The van der Waals surface area contributed by atoms with E-state index in [0.717, 1.165) is 10.9 Å². The average molecular weight is 374 g/mol. The molecule has 0 saturated heterocycles. The number of aromatic nitrogens is 5. The predicted molar refractivity (Wildman–Crippen MR) is 105 cm³/mol. The molecule has 0 aliphatic carbocycles. The van der Waals surface area contributed by atoms with Crippen LogP contribution in [0.5, 0.6) is 0 Å². The summed E-state index contributed by atoms with van der Waals surface area (Å²) >= 11 is 0. The molecule has 0 spiro atoms. The first kappa shape index (κ1) is 17.5. The molecule has 0 aliphatic heterocycles. The summed E-state index contributed by atoms with van der Waals surface area (Å²) < 4.78 is 0. The number of anilines is 1. The molecule has 9 heteroatoms. The Balaban J connectivity index is 2.06. The van der Waals surface area contributed by atoms with E-state index < -0.39 is 5.91 Å². The summed E-state index contributed by atoms with van der Waals surface area (Å²) in [6.45, 7) is 3.95. The van der Waals surface area contributed by atoms with Crippen molar-refractivity contribution in [1.29, 1.82) is 5.26 Å². The van der Waals surface area contributed by atoms with Crippen LogP contribution in [0.1, 0.15) is 41.3 Å². The number of fused-ring (bicyclic) bond motifs is 3. The number of hydrogen-bond donors (Lipinski definition) is 4. The van der Waals surface area contributed by atoms with Crippen molar-refractivity contribution in [2.45, 2.75) is 26.3 Å². The SMILES string of the molecule is CC(C)Nc1c(C(N)=O)c(Cc2ncn[nH]2)nc2c1[nH]c1cc(C#N)ccc12. The fraction of sp³-hybridized carbons (Fsp3) is 0.211. The van der Waals surface area contributed by atoms with Crippen LogP contribution in [0.3, 0.4) is 0 Å². The van der Waals surface area contributed by atoms with Gasteiger partial charge in [0, 0.05) is 16.9 Å². The highest BCUT2D eigenvalue weighted by Gasteiger charge is 2.23. The van der Waals surface area contributed by atoms with Crippen LogP contribution in [0.2, 0.25) is 0 Å². The van der Waals surface area contributed by atoms with Crippen molar-refractivity contribution in [1.82, 2.24) is 25.1 Å². The van der Waals surface area contributed by atoms with Crippen molar-refractivity contribution < 1.29 is 4.79 Å². The molecule has 5 N–H and O–H groups in total. The van der Waals surface area contributed by atoms with E-state index in [-0.39, 0.29) is 12.5 Å². The predicted octanol–water partition coefficient (Wildman–Crippen LogP) is 2.22. The number of hydrogen-bond acceptors (Lipinski definition) is 6. The van der Waals surface area contributed by atoms with Crippen molar-refractivity contribution in [3.63, 3.8) is 0 Å². The Kier molecular flexibility index (Phi) is 4.16. The highest BCUT2D eigenvalue weighted by molar-refractivity contribution is 6.14. The number of nitrogens with zero attached hydrogens (tertiary/aromatic N) is 4. The van der Waals surface area contributed by atoms with Gasteiger partial charge in [-0.15, -0.1) is 0 Å². The van der Waals surface area contributed by atoms with Gasteiger partial charge in [-0.25, -0.2) is 9.97 Å². The van der Waals surface area contributed by atoms with Gasteiger partial charge in [-0.3, -0.25) is 9.89 Å². The molecule has 4 rings (SSSR count). The molecule has 3 heterocycles. The lowest BCUT2D eigenvalue weighted by molar-refractivity contribution is 0.1000. The molecule has 1 aromatic carbocycles. The van der Waals surface area contributed by atoms with Crippen LogP contribution in [-0.4, -0.2) is 37.1 Å². The fourth-order valence-electron chi connectivity index (χ4n) is 3.31. The molecular weight excluding hydrogens is 356 g/mol. The van der Waals surface area contributed by atoms with E-state index in [9.17, 15) is 10.1 Å². The Labute approximate surface area is 160 Å². The van der Waals surface area contributed by atoms with Crippen LogP contribution in [0.25, 0.3) is 21.9 Å². The second-order valence-electron chi connectivity index (χ2n) is 6.80. The van der Waals surface area contributed by atoms with Gasteiger partial charge in [-0.2, -0.15) is 10.4 Å². The van der Waals surface area contributed by atoms with Gasteiger partial charge in [0.25, 0.3) is 5.91 Å². The normalized spacial score (nSPS) is 11.2. The fourth-order valence-corrected chi connectivity index (χ4v) is 3.31. The molecule has 28 heavy (non-hydrogen) atoms. The van der Waals surface area contributed by atoms with Gasteiger partial charge in [0.05, 0.1) is 46.0 Å². The number of rotatable bonds is 5. The summed E-state index contributed by atoms with van der Waals surface area (Å²) in [6, 6.07) is 7.54. The van der Waals surface area contributed by atoms with Crippen LogP contribution in [0.4, 0.5) is 5.69 Å². The topological polar surface area (TPSA) is 149 Å². The maximum Gasteiger partial charge on any atom is 0.252 e. The Bertz CT molecular complexity index is 1230. The first-order chi connectivity index (χ1) is 13.5. The monoisotopic (exact) mass is 374 g/mol. The Hall–Kier alpha value is -3.93. The van der Waals surface area contributed by atoms with E-state index in [0.29, 0.717) is 39.4 Å². The zero-order valence-electron chi connectivity index (χ0n) is 15.4. The third-order valence-electron chi connectivity index (χ3n) is 4.41. The van der Waals surface area contributed by atoms with Gasteiger partial charge >= 0.3 is 0 Å². The Morgan fingerprint density at radius 3 is 2.86 bits per heavy atom. The van der Waals surface area contributed by atoms with Crippen LogP contribution >= 0.6 is 0 Å². The number of carbonyl (C=O) groups excluding carboxylic acids is 1. The highest BCUT2D eigenvalue weighted by atomic mass is 16.1. The van der Waals surface area contributed by atoms with E-state index in [1.165, 1.54) is 6.33 Å². The zero-order chi connectivity index (χ0) is 19.8. The van der Waals surface area contributed by atoms with Crippen molar-refractivity contribution in [2.75, 3.05) is 5.32 Å². The Morgan fingerprint density at radius 2 is 2.21 bits per heavy atom. The lowest BCUT2D eigenvalue weighted by Crippen LogP contribution is -2.21. The summed E-state index contributed by atoms with van der Waals surface area (Å²) in [5.41, 5.74) is 9.81. The molecule has 1 amide bonds. The first-order valence-corrected chi connectivity index (χ1v) is 8.77. The second-order valence-corrected chi connectivity index (χ2v) is 6.80. The summed E-state index contributed by atoms with van der Waals surface area (Å²) in [5.74, 6) is -0.000102. The summed E-state index contributed by atoms with van der Waals surface area (Å²) in [7, 11) is 0. The molecule has 4 aromatic rings. The molecular formula is C19H18N8O. The number of pyridine rings is 1. The summed E-state index contributed by atoms with van der Waals surface area (Å²) in [6.07, 6.45) is 1.68. The number of carbonyl (C=O) groups is 1. The quantitative estimate of drug-likeness (QED) is 0.421. The highest BCUT2D eigenvalue weighted by Crippen LogP contribution is 2.34. The van der Waals surface area contributed by atoms with Crippen molar-refractivity contribution in [3.8, 4) is 6.07 Å². The minimum atomic E-state index is -0.580. The van der Waals surface area contributed by atoms with E-state index in [1.54, 1.807) is 12.1 Å².